The molecule has 0 saturated carbocycles. The molecule has 1 amide bonds. The van der Waals surface area contributed by atoms with E-state index in [2.05, 4.69) is 33.7 Å². The summed E-state index contributed by atoms with van der Waals surface area (Å²) in [6.45, 7) is 10.6. The molecule has 3 aliphatic heterocycles. The summed E-state index contributed by atoms with van der Waals surface area (Å²) in [5.74, 6) is 0.650. The largest absolute Gasteiger partial charge is 0.475 e. The fourth-order valence-electron chi connectivity index (χ4n) is 5.76. The molecule has 0 aliphatic carbocycles. The van der Waals surface area contributed by atoms with E-state index in [9.17, 15) is 4.79 Å². The van der Waals surface area contributed by atoms with Crippen LogP contribution in [0, 0.1) is 0 Å². The molecule has 1 aromatic rings. The van der Waals surface area contributed by atoms with Crippen molar-refractivity contribution in [1.82, 2.24) is 18.5 Å². The molecule has 36 heavy (non-hydrogen) atoms. The minimum absolute atomic E-state index is 0.165. The number of carbonyl (C=O) groups excluding carboxylic acids is 1. The highest BCUT2D eigenvalue weighted by atomic mass is 32.1. The maximum absolute atomic E-state index is 13.1. The van der Waals surface area contributed by atoms with E-state index in [1.54, 1.807) is 0 Å². The van der Waals surface area contributed by atoms with Crippen LogP contribution in [0.2, 0.25) is 0 Å². The number of aromatic nitrogens is 2. The summed E-state index contributed by atoms with van der Waals surface area (Å²) in [4.78, 5) is 17.6. The van der Waals surface area contributed by atoms with Crippen molar-refractivity contribution in [2.45, 2.75) is 90.3 Å². The molecule has 2 fully saturated rings. The second-order valence-corrected chi connectivity index (χ2v) is 11.5. The number of likely N-dealkylation sites (N-methyl/N-ethyl adjacent to an activating group) is 1. The van der Waals surface area contributed by atoms with Crippen LogP contribution < -0.4 is 4.74 Å². The van der Waals surface area contributed by atoms with Crippen molar-refractivity contribution < 1.29 is 18.8 Å². The number of rotatable bonds is 10. The van der Waals surface area contributed by atoms with Crippen molar-refractivity contribution in [3.05, 3.63) is 11.8 Å². The number of hydrogen-bond donors (Lipinski definition) is 0. The summed E-state index contributed by atoms with van der Waals surface area (Å²) in [5.41, 5.74) is 2.00. The zero-order valence-electron chi connectivity index (χ0n) is 22.6. The van der Waals surface area contributed by atoms with Crippen LogP contribution in [0.15, 0.2) is 6.08 Å². The van der Waals surface area contributed by atoms with Crippen molar-refractivity contribution >= 4 is 23.4 Å². The molecule has 0 aromatic carbocycles. The topological polar surface area (TPSA) is 67.8 Å². The molecule has 202 valence electrons. The normalized spacial score (nSPS) is 24.9. The predicted molar refractivity (Wildman–Crippen MR) is 144 cm³/mol. The zero-order valence-corrected chi connectivity index (χ0v) is 23.4. The van der Waals surface area contributed by atoms with Gasteiger partial charge in [-0.3, -0.25) is 4.48 Å². The molecule has 1 unspecified atom stereocenters. The average molecular weight is 521 g/mol. The number of ether oxygens (including phenoxy) is 2. The van der Waals surface area contributed by atoms with Gasteiger partial charge in [0.15, 0.2) is 0 Å². The van der Waals surface area contributed by atoms with Crippen LogP contribution in [0.5, 0.6) is 5.88 Å². The average Bonchev–Trinajstić information content (AvgIpc) is 3.38. The fourth-order valence-corrected chi connectivity index (χ4v) is 6.29. The molecule has 2 atom stereocenters. The quantitative estimate of drug-likeness (QED) is 0.313. The second-order valence-electron chi connectivity index (χ2n) is 11.0. The van der Waals surface area contributed by atoms with Crippen LogP contribution in [0.1, 0.15) is 83.7 Å². The van der Waals surface area contributed by atoms with E-state index in [1.807, 2.05) is 11.8 Å². The minimum Gasteiger partial charge on any atom is -0.475 e. The number of amides is 1. The highest BCUT2D eigenvalue weighted by molar-refractivity contribution is 6.99. The number of unbranched alkanes of at least 4 members (excludes halogenated alkanes) is 3. The van der Waals surface area contributed by atoms with Gasteiger partial charge in [0, 0.05) is 38.0 Å². The Morgan fingerprint density at radius 3 is 2.67 bits per heavy atom. The first-order valence-electron chi connectivity index (χ1n) is 14.2. The van der Waals surface area contributed by atoms with E-state index < -0.39 is 0 Å². The van der Waals surface area contributed by atoms with E-state index in [1.165, 1.54) is 63.3 Å². The van der Waals surface area contributed by atoms with Gasteiger partial charge in [0.2, 0.25) is 6.23 Å². The molecule has 0 bridgehead atoms. The summed E-state index contributed by atoms with van der Waals surface area (Å²) < 4.78 is 21.7. The third kappa shape index (κ3) is 6.98. The molecule has 2 saturated heterocycles. The lowest BCUT2D eigenvalue weighted by Crippen LogP contribution is -2.56. The molecule has 9 heteroatoms. The van der Waals surface area contributed by atoms with Crippen molar-refractivity contribution in [3.8, 4) is 5.88 Å². The van der Waals surface area contributed by atoms with Gasteiger partial charge in [0.1, 0.15) is 12.2 Å². The summed E-state index contributed by atoms with van der Waals surface area (Å²) in [6, 6.07) is 0.626. The lowest BCUT2D eigenvalue weighted by atomic mass is 10.0. The Labute approximate surface area is 221 Å². The smallest absolute Gasteiger partial charge is 0.414 e. The molecule has 1 aromatic heterocycles. The van der Waals surface area contributed by atoms with E-state index >= 15 is 0 Å². The van der Waals surface area contributed by atoms with Gasteiger partial charge in [0.25, 0.3) is 5.88 Å². The first-order valence-corrected chi connectivity index (χ1v) is 14.9. The van der Waals surface area contributed by atoms with Gasteiger partial charge in [0.05, 0.1) is 31.9 Å². The van der Waals surface area contributed by atoms with E-state index in [0.29, 0.717) is 23.0 Å². The number of quaternary nitrogens is 1. The van der Waals surface area contributed by atoms with E-state index in [-0.39, 0.29) is 12.3 Å². The van der Waals surface area contributed by atoms with Crippen molar-refractivity contribution in [2.75, 3.05) is 52.9 Å². The zero-order chi connectivity index (χ0) is 25.4. The highest BCUT2D eigenvalue weighted by Gasteiger charge is 2.38. The summed E-state index contributed by atoms with van der Waals surface area (Å²) in [6.07, 6.45) is 13.6. The molecule has 4 rings (SSSR count). The van der Waals surface area contributed by atoms with Crippen LogP contribution in [0.25, 0.3) is 5.57 Å². The van der Waals surface area contributed by atoms with Crippen molar-refractivity contribution in [3.63, 3.8) is 0 Å². The van der Waals surface area contributed by atoms with Gasteiger partial charge in [-0.25, -0.2) is 4.79 Å². The Balaban J connectivity index is 1.27. The maximum Gasteiger partial charge on any atom is 0.414 e. The van der Waals surface area contributed by atoms with Crippen molar-refractivity contribution in [1.29, 1.82) is 0 Å². The lowest BCUT2D eigenvalue weighted by molar-refractivity contribution is -0.944. The van der Waals surface area contributed by atoms with Crippen LogP contribution in [-0.4, -0.2) is 94.3 Å². The lowest BCUT2D eigenvalue weighted by Gasteiger charge is -2.43. The second kappa shape index (κ2) is 13.2. The highest BCUT2D eigenvalue weighted by Crippen LogP contribution is 2.32. The predicted octanol–water partition coefficient (Wildman–Crippen LogP) is 5.16. The maximum atomic E-state index is 13.1. The summed E-state index contributed by atoms with van der Waals surface area (Å²) >= 11 is 1.21. The third-order valence-electron chi connectivity index (χ3n) is 8.34. The minimum atomic E-state index is -0.231. The van der Waals surface area contributed by atoms with Crippen molar-refractivity contribution in [2.24, 2.45) is 0 Å². The number of nitrogens with zero attached hydrogens (tertiary/aromatic N) is 5. The summed E-state index contributed by atoms with van der Waals surface area (Å²) in [5, 5.41) is 0. The van der Waals surface area contributed by atoms with E-state index in [0.717, 1.165) is 63.1 Å². The van der Waals surface area contributed by atoms with E-state index in [4.69, 9.17) is 9.47 Å². The molecule has 4 heterocycles. The fraction of sp³-hybridized carbons (Fsp3) is 0.815. The van der Waals surface area contributed by atoms with Crippen LogP contribution in [0.3, 0.4) is 0 Å². The molecule has 0 radical (unpaired) electrons. The Morgan fingerprint density at radius 2 is 1.92 bits per heavy atom. The Kier molecular flexibility index (Phi) is 10.0. The number of piperidine rings is 2. The molecule has 8 nitrogen and oxygen atoms in total. The standard InChI is InChI=1S/C27H46N5O3S/c1-4-5-6-10-20-34-26-25(28-36-29-26)23-12-11-19-32(3,21-23)22(2)35-27(33)31-17-13-24(14-18-31)30-15-8-7-9-16-30/h12,22,24H,4-11,13-21H2,1-3H3/q+1/t22-,32?/m0/s1. The first kappa shape index (κ1) is 27.3. The monoisotopic (exact) mass is 520 g/mol. The Bertz CT molecular complexity index is 863. The molecular formula is C27H46N5O3S+. The number of carbonyl (C=O) groups is 1. The molecular weight excluding hydrogens is 474 g/mol. The van der Waals surface area contributed by atoms with Crippen LogP contribution in [-0.2, 0) is 4.74 Å². The van der Waals surface area contributed by atoms with Gasteiger partial charge >= 0.3 is 6.09 Å². The molecule has 0 N–H and O–H groups in total. The van der Waals surface area contributed by atoms with Gasteiger partial charge in [-0.1, -0.05) is 38.7 Å². The molecule has 3 aliphatic rings. The molecule has 0 spiro atoms. The van der Waals surface area contributed by atoms with Gasteiger partial charge in [-0.05, 0) is 45.2 Å². The third-order valence-corrected chi connectivity index (χ3v) is 8.85. The first-order chi connectivity index (χ1) is 17.5. The van der Waals surface area contributed by atoms with Gasteiger partial charge < -0.3 is 19.3 Å². The number of likely N-dealkylation sites (tertiary alicyclic amines) is 2. The van der Waals surface area contributed by atoms with Crippen LogP contribution >= 0.6 is 11.7 Å². The van der Waals surface area contributed by atoms with Crippen LogP contribution in [0.4, 0.5) is 4.79 Å². The Hall–Kier alpha value is -1.71. The number of hydrogen-bond acceptors (Lipinski definition) is 7. The van der Waals surface area contributed by atoms with Gasteiger partial charge in [-0.2, -0.15) is 4.37 Å². The Morgan fingerprint density at radius 1 is 1.14 bits per heavy atom. The van der Waals surface area contributed by atoms with Gasteiger partial charge in [-0.15, -0.1) is 4.37 Å². The summed E-state index contributed by atoms with van der Waals surface area (Å²) in [7, 11) is 2.18. The SMILES string of the molecule is CCCCCCOc1nsnc1C1=CCC[N+](C)([C@H](C)OC(=O)N2CCC(N3CCCCC3)CC2)C1.